The first-order valence-corrected chi connectivity index (χ1v) is 6.20. The fraction of sp³-hybridized carbons (Fsp3) is 0.200. The van der Waals surface area contributed by atoms with Crippen molar-refractivity contribution in [1.82, 2.24) is 9.36 Å². The summed E-state index contributed by atoms with van der Waals surface area (Å²) in [7, 11) is 0. The Labute approximate surface area is 101 Å². The van der Waals surface area contributed by atoms with Crippen molar-refractivity contribution >= 4 is 32.6 Å². The Balaban J connectivity index is 2.33. The van der Waals surface area contributed by atoms with E-state index in [1.165, 1.54) is 11.5 Å². The maximum absolute atomic E-state index is 4.40. The topological polar surface area (TPSA) is 37.8 Å². The first-order chi connectivity index (χ1) is 7.31. The molecule has 0 spiro atoms. The van der Waals surface area contributed by atoms with Gasteiger partial charge in [0.15, 0.2) is 5.82 Å². The minimum absolute atomic E-state index is 0.767. The number of benzene rings is 1. The zero-order valence-corrected chi connectivity index (χ0v) is 10.6. The van der Waals surface area contributed by atoms with Gasteiger partial charge in [0.2, 0.25) is 5.13 Å². The molecule has 2 aromatic rings. The summed E-state index contributed by atoms with van der Waals surface area (Å²) in [5.74, 6) is 0.767. The largest absolute Gasteiger partial charge is 0.361 e. The molecule has 5 heteroatoms. The Kier molecular flexibility index (Phi) is 3.33. The molecule has 0 fully saturated rings. The highest BCUT2D eigenvalue weighted by molar-refractivity contribution is 9.10. The third kappa shape index (κ3) is 2.35. The number of hydrogen-bond donors (Lipinski definition) is 1. The molecule has 1 N–H and O–H groups in total. The lowest BCUT2D eigenvalue weighted by Gasteiger charge is -1.97. The molecule has 0 bridgehead atoms. The molecule has 0 amide bonds. The van der Waals surface area contributed by atoms with Crippen LogP contribution in [0.3, 0.4) is 0 Å². The standard InChI is InChI=1S/C10H10BrN3S/c1-2-12-10-13-9(14-15-10)7-5-3-4-6-8(7)11/h3-6H,2H2,1H3,(H,12,13,14). The van der Waals surface area contributed by atoms with E-state index in [0.717, 1.165) is 27.5 Å². The van der Waals surface area contributed by atoms with Crippen LogP contribution in [0.5, 0.6) is 0 Å². The molecule has 3 nitrogen and oxygen atoms in total. The van der Waals surface area contributed by atoms with Gasteiger partial charge in [-0.1, -0.05) is 34.1 Å². The molecule has 0 unspecified atom stereocenters. The molecule has 0 aliphatic rings. The monoisotopic (exact) mass is 283 g/mol. The highest BCUT2D eigenvalue weighted by atomic mass is 79.9. The van der Waals surface area contributed by atoms with E-state index in [-0.39, 0.29) is 0 Å². The molecule has 0 saturated carbocycles. The zero-order valence-electron chi connectivity index (χ0n) is 8.20. The maximum atomic E-state index is 4.40. The third-order valence-corrected chi connectivity index (χ3v) is 3.23. The van der Waals surface area contributed by atoms with Crippen LogP contribution in [0.15, 0.2) is 28.7 Å². The average molecular weight is 284 g/mol. The minimum Gasteiger partial charge on any atom is -0.361 e. The van der Waals surface area contributed by atoms with Gasteiger partial charge < -0.3 is 5.32 Å². The van der Waals surface area contributed by atoms with Crippen LogP contribution in [-0.2, 0) is 0 Å². The molecule has 0 aliphatic heterocycles. The molecule has 0 aliphatic carbocycles. The van der Waals surface area contributed by atoms with Gasteiger partial charge in [-0.05, 0) is 13.0 Å². The first kappa shape index (κ1) is 10.6. The van der Waals surface area contributed by atoms with Gasteiger partial charge in [0.05, 0.1) is 0 Å². The second-order valence-electron chi connectivity index (χ2n) is 2.93. The van der Waals surface area contributed by atoms with Crippen LogP contribution in [0.1, 0.15) is 6.92 Å². The van der Waals surface area contributed by atoms with Gasteiger partial charge in [-0.2, -0.15) is 9.36 Å². The van der Waals surface area contributed by atoms with E-state index in [4.69, 9.17) is 0 Å². The number of nitrogens with one attached hydrogen (secondary N) is 1. The molecule has 15 heavy (non-hydrogen) atoms. The third-order valence-electron chi connectivity index (χ3n) is 1.87. The second kappa shape index (κ2) is 4.72. The highest BCUT2D eigenvalue weighted by Crippen LogP contribution is 2.27. The summed E-state index contributed by atoms with van der Waals surface area (Å²) in [5.41, 5.74) is 1.03. The maximum Gasteiger partial charge on any atom is 0.202 e. The van der Waals surface area contributed by atoms with E-state index < -0.39 is 0 Å². The number of rotatable bonds is 3. The molecular weight excluding hydrogens is 274 g/mol. The fourth-order valence-corrected chi connectivity index (χ4v) is 2.31. The van der Waals surface area contributed by atoms with Crippen molar-refractivity contribution in [1.29, 1.82) is 0 Å². The van der Waals surface area contributed by atoms with Crippen LogP contribution in [0.2, 0.25) is 0 Å². The molecule has 0 radical (unpaired) electrons. The van der Waals surface area contributed by atoms with Gasteiger partial charge >= 0.3 is 0 Å². The summed E-state index contributed by atoms with van der Waals surface area (Å²) in [6.45, 7) is 2.91. The average Bonchev–Trinajstić information content (AvgIpc) is 2.68. The van der Waals surface area contributed by atoms with Gasteiger partial charge in [-0.15, -0.1) is 0 Å². The molecule has 2 rings (SSSR count). The van der Waals surface area contributed by atoms with E-state index in [1.807, 2.05) is 31.2 Å². The molecule has 1 aromatic heterocycles. The Hall–Kier alpha value is -0.940. The van der Waals surface area contributed by atoms with Gasteiger partial charge in [0, 0.05) is 28.1 Å². The number of aromatic nitrogens is 2. The molecule has 1 aromatic carbocycles. The van der Waals surface area contributed by atoms with E-state index in [0.29, 0.717) is 0 Å². The molecule has 0 atom stereocenters. The van der Waals surface area contributed by atoms with Gasteiger partial charge in [-0.25, -0.2) is 0 Å². The zero-order chi connectivity index (χ0) is 10.7. The van der Waals surface area contributed by atoms with Gasteiger partial charge in [0.1, 0.15) is 0 Å². The number of nitrogens with zero attached hydrogens (tertiary/aromatic N) is 2. The molecule has 78 valence electrons. The summed E-state index contributed by atoms with van der Waals surface area (Å²) < 4.78 is 5.32. The molecular formula is C10H10BrN3S. The lowest BCUT2D eigenvalue weighted by atomic mass is 10.2. The quantitative estimate of drug-likeness (QED) is 0.938. The summed E-state index contributed by atoms with van der Waals surface area (Å²) in [6, 6.07) is 7.95. The van der Waals surface area contributed by atoms with E-state index in [2.05, 4.69) is 30.6 Å². The van der Waals surface area contributed by atoms with Crippen LogP contribution in [0, 0.1) is 0 Å². The van der Waals surface area contributed by atoms with Crippen molar-refractivity contribution in [3.63, 3.8) is 0 Å². The summed E-state index contributed by atoms with van der Waals surface area (Å²) in [6.07, 6.45) is 0. The lowest BCUT2D eigenvalue weighted by Crippen LogP contribution is -1.95. The van der Waals surface area contributed by atoms with E-state index in [9.17, 15) is 0 Å². The summed E-state index contributed by atoms with van der Waals surface area (Å²) >= 11 is 4.87. The SMILES string of the molecule is CCNc1nc(-c2ccccc2Br)ns1. The van der Waals surface area contributed by atoms with E-state index >= 15 is 0 Å². The first-order valence-electron chi connectivity index (χ1n) is 4.63. The molecule has 0 saturated heterocycles. The number of halogens is 1. The predicted octanol–water partition coefficient (Wildman–Crippen LogP) is 3.40. The second-order valence-corrected chi connectivity index (χ2v) is 4.54. The van der Waals surface area contributed by atoms with Crippen molar-refractivity contribution in [2.24, 2.45) is 0 Å². The highest BCUT2D eigenvalue weighted by Gasteiger charge is 2.08. The summed E-state index contributed by atoms with van der Waals surface area (Å²) in [5, 5.41) is 4.01. The van der Waals surface area contributed by atoms with Crippen LogP contribution in [0.4, 0.5) is 5.13 Å². The fourth-order valence-electron chi connectivity index (χ4n) is 1.20. The van der Waals surface area contributed by atoms with Crippen LogP contribution in [0.25, 0.3) is 11.4 Å². The van der Waals surface area contributed by atoms with Crippen LogP contribution in [-0.4, -0.2) is 15.9 Å². The van der Waals surface area contributed by atoms with Crippen LogP contribution >= 0.6 is 27.5 Å². The normalized spacial score (nSPS) is 10.3. The summed E-state index contributed by atoms with van der Waals surface area (Å²) in [4.78, 5) is 4.40. The van der Waals surface area contributed by atoms with Crippen molar-refractivity contribution in [2.75, 3.05) is 11.9 Å². The Morgan fingerprint density at radius 2 is 2.20 bits per heavy atom. The molecule has 1 heterocycles. The van der Waals surface area contributed by atoms with E-state index in [1.54, 1.807) is 0 Å². The van der Waals surface area contributed by atoms with Gasteiger partial charge in [0.25, 0.3) is 0 Å². The lowest BCUT2D eigenvalue weighted by molar-refractivity contribution is 1.18. The van der Waals surface area contributed by atoms with Crippen molar-refractivity contribution in [2.45, 2.75) is 6.92 Å². The predicted molar refractivity (Wildman–Crippen MR) is 67.2 cm³/mol. The Bertz CT molecular complexity index is 455. The van der Waals surface area contributed by atoms with Crippen LogP contribution < -0.4 is 5.32 Å². The Morgan fingerprint density at radius 1 is 1.40 bits per heavy atom. The van der Waals surface area contributed by atoms with Crippen molar-refractivity contribution < 1.29 is 0 Å². The van der Waals surface area contributed by atoms with Gasteiger partial charge in [-0.3, -0.25) is 0 Å². The number of anilines is 1. The minimum atomic E-state index is 0.767. The smallest absolute Gasteiger partial charge is 0.202 e. The Morgan fingerprint density at radius 3 is 2.93 bits per heavy atom. The van der Waals surface area contributed by atoms with Crippen molar-refractivity contribution in [3.05, 3.63) is 28.7 Å². The van der Waals surface area contributed by atoms with Crippen molar-refractivity contribution in [3.8, 4) is 11.4 Å². The number of hydrogen-bond acceptors (Lipinski definition) is 4.